The van der Waals surface area contributed by atoms with E-state index >= 15 is 0 Å². The fraction of sp³-hybridized carbons (Fsp3) is 0.176. The molecular formula is C17H14Cl3N3O3S. The zero-order valence-corrected chi connectivity index (χ0v) is 17.1. The van der Waals surface area contributed by atoms with Gasteiger partial charge in [-0.2, -0.15) is 13.4 Å². The summed E-state index contributed by atoms with van der Waals surface area (Å²) >= 11 is 18.0. The highest BCUT2D eigenvalue weighted by molar-refractivity contribution is 7.90. The van der Waals surface area contributed by atoms with Gasteiger partial charge in [-0.1, -0.05) is 46.8 Å². The van der Waals surface area contributed by atoms with Crippen molar-refractivity contribution in [3.8, 4) is 17.4 Å². The monoisotopic (exact) mass is 445 g/mol. The number of hydrogen-bond acceptors (Lipinski definition) is 5. The second-order valence-corrected chi connectivity index (χ2v) is 8.54. The highest BCUT2D eigenvalue weighted by atomic mass is 35.5. The molecule has 0 aliphatic carbocycles. The Kier molecular flexibility index (Phi) is 5.95. The lowest BCUT2D eigenvalue weighted by Gasteiger charge is -2.08. The molecule has 3 rings (SSSR count). The van der Waals surface area contributed by atoms with Crippen LogP contribution in [0.1, 0.15) is 13.3 Å². The van der Waals surface area contributed by atoms with Gasteiger partial charge in [0.15, 0.2) is 5.82 Å². The van der Waals surface area contributed by atoms with Gasteiger partial charge in [0.25, 0.3) is 10.0 Å². The summed E-state index contributed by atoms with van der Waals surface area (Å²) in [4.78, 5) is 4.22. The molecule has 10 heteroatoms. The molecule has 0 spiro atoms. The van der Waals surface area contributed by atoms with Crippen LogP contribution >= 0.6 is 34.8 Å². The zero-order valence-electron chi connectivity index (χ0n) is 14.1. The maximum atomic E-state index is 13.1. The largest absolute Gasteiger partial charge is 0.462 e. The summed E-state index contributed by atoms with van der Waals surface area (Å²) in [6.45, 7) is 2.26. The molecule has 3 aromatic rings. The van der Waals surface area contributed by atoms with Crippen LogP contribution in [0.3, 0.4) is 0 Å². The average molecular weight is 447 g/mol. The van der Waals surface area contributed by atoms with Crippen molar-refractivity contribution in [1.82, 2.24) is 14.2 Å². The normalized spacial score (nSPS) is 11.6. The minimum atomic E-state index is -4.05. The lowest BCUT2D eigenvalue weighted by atomic mass is 10.2. The Bertz CT molecular complexity index is 1070. The van der Waals surface area contributed by atoms with E-state index in [4.69, 9.17) is 39.5 Å². The van der Waals surface area contributed by atoms with Gasteiger partial charge in [-0.3, -0.25) is 0 Å². The summed E-state index contributed by atoms with van der Waals surface area (Å²) in [7, 11) is -4.05. The standard InChI is InChI=1S/C17H14Cl3N3O3S/c1-2-9-26-17-21-16(14-8-5-12(19)10-15(14)20)23(22-17)27(24,25)13-6-3-11(18)4-7-13/h3-8,10H,2,9H2,1H3. The van der Waals surface area contributed by atoms with Crippen molar-refractivity contribution in [2.45, 2.75) is 18.2 Å². The SMILES string of the molecule is CCCOc1nc(-c2ccc(Cl)cc2Cl)n(S(=O)(=O)c2ccc(Cl)cc2)n1. The molecule has 0 atom stereocenters. The smallest absolute Gasteiger partial charge is 0.337 e. The maximum Gasteiger partial charge on any atom is 0.337 e. The lowest BCUT2D eigenvalue weighted by Crippen LogP contribution is -2.16. The fourth-order valence-electron chi connectivity index (χ4n) is 2.24. The highest BCUT2D eigenvalue weighted by Crippen LogP contribution is 2.32. The van der Waals surface area contributed by atoms with Gasteiger partial charge in [0.1, 0.15) is 0 Å². The van der Waals surface area contributed by atoms with E-state index in [1.165, 1.54) is 30.3 Å². The first-order chi connectivity index (χ1) is 12.8. The summed E-state index contributed by atoms with van der Waals surface area (Å²) in [5.41, 5.74) is 0.359. The Morgan fingerprint density at radius 3 is 2.33 bits per heavy atom. The van der Waals surface area contributed by atoms with E-state index in [1.807, 2.05) is 6.92 Å². The molecule has 142 valence electrons. The molecule has 0 aliphatic heterocycles. The third-order valence-electron chi connectivity index (χ3n) is 3.51. The van der Waals surface area contributed by atoms with E-state index in [-0.39, 0.29) is 21.8 Å². The van der Waals surface area contributed by atoms with Crippen molar-refractivity contribution in [3.63, 3.8) is 0 Å². The Balaban J connectivity index is 2.18. The summed E-state index contributed by atoms with van der Waals surface area (Å²) in [5.74, 6) is 0.0257. The molecule has 1 heterocycles. The first kappa shape index (κ1) is 19.9. The molecular weight excluding hydrogens is 433 g/mol. The molecule has 1 aromatic heterocycles. The maximum absolute atomic E-state index is 13.1. The van der Waals surface area contributed by atoms with Crippen LogP contribution in [0, 0.1) is 0 Å². The van der Waals surface area contributed by atoms with Crippen LogP contribution in [0.15, 0.2) is 47.4 Å². The van der Waals surface area contributed by atoms with Crippen molar-refractivity contribution in [3.05, 3.63) is 57.5 Å². The fourth-order valence-corrected chi connectivity index (χ4v) is 4.09. The summed E-state index contributed by atoms with van der Waals surface area (Å²) < 4.78 is 32.4. The van der Waals surface area contributed by atoms with Crippen LogP contribution in [0.5, 0.6) is 6.01 Å². The third-order valence-corrected chi connectivity index (χ3v) is 5.88. The molecule has 0 bridgehead atoms. The van der Waals surface area contributed by atoms with E-state index in [9.17, 15) is 8.42 Å². The van der Waals surface area contributed by atoms with E-state index in [2.05, 4.69) is 10.1 Å². The lowest BCUT2D eigenvalue weighted by molar-refractivity contribution is 0.293. The molecule has 0 amide bonds. The predicted octanol–water partition coefficient (Wildman–Crippen LogP) is 4.93. The van der Waals surface area contributed by atoms with Gasteiger partial charge < -0.3 is 4.74 Å². The van der Waals surface area contributed by atoms with Gasteiger partial charge in [0.2, 0.25) is 0 Å². The Hall–Kier alpha value is -1.80. The first-order valence-electron chi connectivity index (χ1n) is 7.89. The number of halogens is 3. The van der Waals surface area contributed by atoms with Crippen LogP contribution in [0.4, 0.5) is 0 Å². The molecule has 0 saturated heterocycles. The Labute approximate surface area is 171 Å². The van der Waals surface area contributed by atoms with E-state index in [0.717, 1.165) is 10.5 Å². The molecule has 0 saturated carbocycles. The number of aromatic nitrogens is 3. The first-order valence-corrected chi connectivity index (χ1v) is 10.5. The number of nitrogens with zero attached hydrogens (tertiary/aromatic N) is 3. The van der Waals surface area contributed by atoms with Gasteiger partial charge in [-0.05, 0) is 48.9 Å². The Morgan fingerprint density at radius 1 is 1.04 bits per heavy atom. The number of rotatable bonds is 6. The van der Waals surface area contributed by atoms with Crippen LogP contribution in [-0.2, 0) is 10.0 Å². The summed E-state index contributed by atoms with van der Waals surface area (Å²) in [6.07, 6.45) is 0.718. The highest BCUT2D eigenvalue weighted by Gasteiger charge is 2.26. The minimum absolute atomic E-state index is 0.00479. The van der Waals surface area contributed by atoms with E-state index in [0.29, 0.717) is 22.2 Å². The van der Waals surface area contributed by atoms with Crippen molar-refractivity contribution >= 4 is 44.8 Å². The second-order valence-electron chi connectivity index (χ2n) is 5.49. The van der Waals surface area contributed by atoms with Crippen LogP contribution in [-0.4, -0.2) is 29.2 Å². The van der Waals surface area contributed by atoms with Gasteiger partial charge in [-0.25, -0.2) is 0 Å². The summed E-state index contributed by atoms with van der Waals surface area (Å²) in [6, 6.07) is 10.3. The molecule has 0 unspecified atom stereocenters. The number of benzene rings is 2. The zero-order chi connectivity index (χ0) is 19.6. The molecule has 27 heavy (non-hydrogen) atoms. The number of hydrogen-bond donors (Lipinski definition) is 0. The van der Waals surface area contributed by atoms with Crippen molar-refractivity contribution in [2.24, 2.45) is 0 Å². The van der Waals surface area contributed by atoms with Gasteiger partial charge in [0.05, 0.1) is 16.5 Å². The van der Waals surface area contributed by atoms with E-state index < -0.39 is 10.0 Å². The minimum Gasteiger partial charge on any atom is -0.462 e. The number of ether oxygens (including phenoxy) is 1. The topological polar surface area (TPSA) is 74.1 Å². The molecule has 0 radical (unpaired) electrons. The Morgan fingerprint density at radius 2 is 1.70 bits per heavy atom. The van der Waals surface area contributed by atoms with Crippen LogP contribution in [0.25, 0.3) is 11.4 Å². The molecule has 0 N–H and O–H groups in total. The quantitative estimate of drug-likeness (QED) is 0.536. The second kappa shape index (κ2) is 8.06. The van der Waals surface area contributed by atoms with Gasteiger partial charge in [0, 0.05) is 15.6 Å². The van der Waals surface area contributed by atoms with Crippen molar-refractivity contribution in [2.75, 3.05) is 6.61 Å². The van der Waals surface area contributed by atoms with Crippen LogP contribution in [0.2, 0.25) is 15.1 Å². The van der Waals surface area contributed by atoms with Gasteiger partial charge in [-0.15, -0.1) is 4.09 Å². The average Bonchev–Trinajstić information content (AvgIpc) is 3.05. The molecule has 0 fully saturated rings. The third kappa shape index (κ3) is 4.21. The van der Waals surface area contributed by atoms with E-state index in [1.54, 1.807) is 12.1 Å². The molecule has 0 aliphatic rings. The molecule has 2 aromatic carbocycles. The van der Waals surface area contributed by atoms with Crippen molar-refractivity contribution < 1.29 is 13.2 Å². The molecule has 6 nitrogen and oxygen atoms in total. The summed E-state index contributed by atoms with van der Waals surface area (Å²) in [5, 5.41) is 5.10. The van der Waals surface area contributed by atoms with Crippen molar-refractivity contribution in [1.29, 1.82) is 0 Å². The predicted molar refractivity (Wildman–Crippen MR) is 105 cm³/mol. The van der Waals surface area contributed by atoms with Gasteiger partial charge >= 0.3 is 6.01 Å². The van der Waals surface area contributed by atoms with Crippen LogP contribution < -0.4 is 4.74 Å².